The molecule has 3 aromatic rings. The molecule has 2 heterocycles. The fourth-order valence-electron chi connectivity index (χ4n) is 3.93. The Morgan fingerprint density at radius 1 is 0.970 bits per heavy atom. The molecule has 0 radical (unpaired) electrons. The number of likely N-dealkylation sites (tertiary alicyclic amines) is 1. The average molecular weight is 459 g/mol. The second-order valence-corrected chi connectivity index (χ2v) is 9.18. The molecular formula is C26H22N2O4S. The number of anilines is 2. The third-order valence-electron chi connectivity index (χ3n) is 5.82. The van der Waals surface area contributed by atoms with Gasteiger partial charge in [0.05, 0.1) is 23.5 Å². The SMILES string of the molecule is C[C@H](OC(=O)c1ccc(CN2C(=O)CCC2=O)cc1)c1ccc2c(c1)Nc1ccccc1S2. The van der Waals surface area contributed by atoms with Gasteiger partial charge in [0.25, 0.3) is 0 Å². The first-order valence-corrected chi connectivity index (χ1v) is 11.6. The lowest BCUT2D eigenvalue weighted by molar-refractivity contribution is -0.139. The Balaban J connectivity index is 1.24. The summed E-state index contributed by atoms with van der Waals surface area (Å²) in [5.41, 5.74) is 4.17. The molecule has 6 nitrogen and oxygen atoms in total. The van der Waals surface area contributed by atoms with E-state index in [0.29, 0.717) is 5.56 Å². The van der Waals surface area contributed by atoms with Gasteiger partial charge in [-0.2, -0.15) is 0 Å². The Kier molecular flexibility index (Phi) is 5.64. The molecule has 0 aromatic heterocycles. The second kappa shape index (κ2) is 8.75. The first-order chi connectivity index (χ1) is 16.0. The molecule has 1 fully saturated rings. The lowest BCUT2D eigenvalue weighted by Gasteiger charge is -2.22. The first-order valence-electron chi connectivity index (χ1n) is 10.8. The number of imide groups is 1. The molecule has 0 unspecified atom stereocenters. The minimum atomic E-state index is -0.425. The van der Waals surface area contributed by atoms with E-state index < -0.39 is 12.1 Å². The lowest BCUT2D eigenvalue weighted by atomic mass is 10.1. The Hall–Kier alpha value is -3.58. The number of para-hydroxylation sites is 1. The Bertz CT molecular complexity index is 1240. The van der Waals surface area contributed by atoms with Crippen LogP contribution in [0.3, 0.4) is 0 Å². The summed E-state index contributed by atoms with van der Waals surface area (Å²) in [6.45, 7) is 2.08. The third kappa shape index (κ3) is 4.36. The monoisotopic (exact) mass is 458 g/mol. The Morgan fingerprint density at radius 3 is 2.42 bits per heavy atom. The van der Waals surface area contributed by atoms with Crippen molar-refractivity contribution in [1.29, 1.82) is 0 Å². The van der Waals surface area contributed by atoms with Crippen LogP contribution in [-0.2, 0) is 20.9 Å². The van der Waals surface area contributed by atoms with Crippen LogP contribution in [0.25, 0.3) is 0 Å². The van der Waals surface area contributed by atoms with Gasteiger partial charge < -0.3 is 10.1 Å². The number of benzene rings is 3. The summed E-state index contributed by atoms with van der Waals surface area (Å²) in [6.07, 6.45) is 0.112. The molecule has 1 atom stereocenters. The van der Waals surface area contributed by atoms with E-state index in [2.05, 4.69) is 11.4 Å². The smallest absolute Gasteiger partial charge is 0.338 e. The number of esters is 1. The van der Waals surface area contributed by atoms with Crippen molar-refractivity contribution in [3.05, 3.63) is 83.4 Å². The number of nitrogens with zero attached hydrogens (tertiary/aromatic N) is 1. The standard InChI is InChI=1S/C26H22N2O4S/c1-16(19-10-11-23-21(14-19)27-20-4-2-3-5-22(20)33-23)32-26(31)18-8-6-17(7-9-18)15-28-24(29)12-13-25(28)30/h2-11,14,16,27H,12-13,15H2,1H3/t16-/m0/s1. The van der Waals surface area contributed by atoms with E-state index in [1.165, 1.54) is 9.80 Å². The zero-order valence-electron chi connectivity index (χ0n) is 18.0. The van der Waals surface area contributed by atoms with Crippen molar-refractivity contribution >= 4 is 40.9 Å². The van der Waals surface area contributed by atoms with Crippen LogP contribution in [-0.4, -0.2) is 22.7 Å². The number of ether oxygens (including phenoxy) is 1. The highest BCUT2D eigenvalue weighted by molar-refractivity contribution is 7.99. The number of hydrogen-bond acceptors (Lipinski definition) is 6. The van der Waals surface area contributed by atoms with Gasteiger partial charge in [-0.15, -0.1) is 0 Å². The van der Waals surface area contributed by atoms with Crippen molar-refractivity contribution in [2.45, 2.75) is 42.2 Å². The van der Waals surface area contributed by atoms with E-state index in [4.69, 9.17) is 4.74 Å². The molecule has 0 bridgehead atoms. The normalized spacial score (nSPS) is 15.5. The number of rotatable bonds is 5. The molecular weight excluding hydrogens is 436 g/mol. The van der Waals surface area contributed by atoms with E-state index in [0.717, 1.165) is 27.4 Å². The van der Waals surface area contributed by atoms with Gasteiger partial charge in [0.1, 0.15) is 6.10 Å². The average Bonchev–Trinajstić information content (AvgIpc) is 3.14. The topological polar surface area (TPSA) is 75.7 Å². The van der Waals surface area contributed by atoms with Gasteiger partial charge in [0, 0.05) is 22.6 Å². The van der Waals surface area contributed by atoms with Crippen molar-refractivity contribution in [2.75, 3.05) is 5.32 Å². The molecule has 2 amide bonds. The Labute approximate surface area is 195 Å². The van der Waals surface area contributed by atoms with Gasteiger partial charge >= 0.3 is 5.97 Å². The van der Waals surface area contributed by atoms with E-state index in [9.17, 15) is 14.4 Å². The molecule has 166 valence electrons. The summed E-state index contributed by atoms with van der Waals surface area (Å²) in [7, 11) is 0. The van der Waals surface area contributed by atoms with Gasteiger partial charge in [-0.1, -0.05) is 42.1 Å². The van der Waals surface area contributed by atoms with Crippen LogP contribution < -0.4 is 5.32 Å². The van der Waals surface area contributed by atoms with Crippen LogP contribution >= 0.6 is 11.8 Å². The summed E-state index contributed by atoms with van der Waals surface area (Å²) in [5.74, 6) is -0.731. The van der Waals surface area contributed by atoms with Crippen LogP contribution in [0, 0.1) is 0 Å². The molecule has 0 aliphatic carbocycles. The minimum absolute atomic E-state index is 0.154. The highest BCUT2D eigenvalue weighted by atomic mass is 32.2. The maximum Gasteiger partial charge on any atom is 0.338 e. The molecule has 2 aliphatic heterocycles. The molecule has 7 heteroatoms. The Morgan fingerprint density at radius 2 is 1.67 bits per heavy atom. The van der Waals surface area contributed by atoms with E-state index >= 15 is 0 Å². The predicted molar refractivity (Wildman–Crippen MR) is 125 cm³/mol. The van der Waals surface area contributed by atoms with Crippen molar-refractivity contribution < 1.29 is 19.1 Å². The highest BCUT2D eigenvalue weighted by Gasteiger charge is 2.28. The molecule has 2 aliphatic rings. The van der Waals surface area contributed by atoms with Crippen LogP contribution in [0.5, 0.6) is 0 Å². The maximum absolute atomic E-state index is 12.7. The summed E-state index contributed by atoms with van der Waals surface area (Å²) in [5, 5.41) is 3.45. The number of carbonyl (C=O) groups excluding carboxylic acids is 3. The predicted octanol–water partition coefficient (Wildman–Crippen LogP) is 5.46. The summed E-state index contributed by atoms with van der Waals surface area (Å²) < 4.78 is 5.70. The van der Waals surface area contributed by atoms with Crippen molar-refractivity contribution in [3.63, 3.8) is 0 Å². The van der Waals surface area contributed by atoms with Crippen molar-refractivity contribution in [1.82, 2.24) is 4.90 Å². The quantitative estimate of drug-likeness (QED) is 0.316. The van der Waals surface area contributed by atoms with E-state index in [1.54, 1.807) is 36.0 Å². The number of hydrogen-bond donors (Lipinski definition) is 1. The first kappa shape index (κ1) is 21.3. The second-order valence-electron chi connectivity index (χ2n) is 8.10. The fourth-order valence-corrected chi connectivity index (χ4v) is 4.90. The van der Waals surface area contributed by atoms with Gasteiger partial charge in [-0.05, 0) is 54.4 Å². The minimum Gasteiger partial charge on any atom is -0.454 e. The van der Waals surface area contributed by atoms with Gasteiger partial charge in [-0.25, -0.2) is 4.79 Å². The summed E-state index contributed by atoms with van der Waals surface area (Å²) in [6, 6.07) is 21.0. The number of carbonyl (C=O) groups is 3. The molecule has 0 saturated carbocycles. The molecule has 33 heavy (non-hydrogen) atoms. The zero-order valence-corrected chi connectivity index (χ0v) is 18.9. The molecule has 1 saturated heterocycles. The van der Waals surface area contributed by atoms with Crippen LogP contribution in [0.15, 0.2) is 76.5 Å². The van der Waals surface area contributed by atoms with Crippen LogP contribution in [0.4, 0.5) is 11.4 Å². The molecule has 3 aromatic carbocycles. The highest BCUT2D eigenvalue weighted by Crippen LogP contribution is 2.44. The summed E-state index contributed by atoms with van der Waals surface area (Å²) in [4.78, 5) is 39.8. The number of amides is 2. The number of nitrogens with one attached hydrogen (secondary N) is 1. The maximum atomic E-state index is 12.7. The molecule has 5 rings (SSSR count). The van der Waals surface area contributed by atoms with E-state index in [1.807, 2.05) is 43.3 Å². The van der Waals surface area contributed by atoms with Crippen molar-refractivity contribution in [3.8, 4) is 0 Å². The number of fused-ring (bicyclic) bond motifs is 2. The van der Waals surface area contributed by atoms with Crippen molar-refractivity contribution in [2.24, 2.45) is 0 Å². The largest absolute Gasteiger partial charge is 0.454 e. The molecule has 1 N–H and O–H groups in total. The lowest BCUT2D eigenvalue weighted by Crippen LogP contribution is -2.28. The van der Waals surface area contributed by atoms with Gasteiger partial charge in [0.2, 0.25) is 11.8 Å². The third-order valence-corrected chi connectivity index (χ3v) is 6.97. The summed E-state index contributed by atoms with van der Waals surface area (Å²) >= 11 is 1.71. The van der Waals surface area contributed by atoms with E-state index in [-0.39, 0.29) is 31.2 Å². The fraction of sp³-hybridized carbons (Fsp3) is 0.192. The van der Waals surface area contributed by atoms with Gasteiger partial charge in [0.15, 0.2) is 0 Å². The zero-order chi connectivity index (χ0) is 22.9. The van der Waals surface area contributed by atoms with Gasteiger partial charge in [-0.3, -0.25) is 14.5 Å². The van der Waals surface area contributed by atoms with Crippen LogP contribution in [0.2, 0.25) is 0 Å². The molecule has 0 spiro atoms. The van der Waals surface area contributed by atoms with Crippen LogP contribution in [0.1, 0.15) is 47.4 Å².